The molecule has 2 aliphatic rings. The molecule has 6 nitrogen and oxygen atoms in total. The number of amides is 1. The molecule has 120 valence electrons. The van der Waals surface area contributed by atoms with Crippen LogP contribution < -0.4 is 0 Å². The molecule has 2 aliphatic heterocycles. The van der Waals surface area contributed by atoms with Gasteiger partial charge in [0, 0.05) is 25.4 Å². The molecule has 1 amide bonds. The highest BCUT2D eigenvalue weighted by Gasteiger charge is 2.45. The van der Waals surface area contributed by atoms with Crippen LogP contribution in [0.15, 0.2) is 24.5 Å². The average molecular weight is 324 g/mol. The van der Waals surface area contributed by atoms with Crippen LogP contribution in [0.4, 0.5) is 0 Å². The maximum Gasteiger partial charge on any atom is 0.223 e. The van der Waals surface area contributed by atoms with Crippen LogP contribution in [0.1, 0.15) is 18.4 Å². The van der Waals surface area contributed by atoms with E-state index < -0.39 is 9.84 Å². The van der Waals surface area contributed by atoms with Gasteiger partial charge in [0.05, 0.1) is 30.3 Å². The van der Waals surface area contributed by atoms with E-state index in [0.717, 1.165) is 18.4 Å². The second-order valence-corrected chi connectivity index (χ2v) is 8.01. The van der Waals surface area contributed by atoms with E-state index in [0.29, 0.717) is 19.6 Å². The third-order valence-corrected chi connectivity index (χ3v) is 5.92. The van der Waals surface area contributed by atoms with Crippen LogP contribution in [0.25, 0.3) is 0 Å². The first-order chi connectivity index (χ1) is 10.6. The van der Waals surface area contributed by atoms with E-state index in [1.54, 1.807) is 17.3 Å². The Kier molecular flexibility index (Phi) is 4.44. The molecule has 2 saturated heterocycles. The molecule has 22 heavy (non-hydrogen) atoms. The van der Waals surface area contributed by atoms with Crippen molar-refractivity contribution in [3.63, 3.8) is 0 Å². The van der Waals surface area contributed by atoms with Gasteiger partial charge in [0.25, 0.3) is 0 Å². The average Bonchev–Trinajstić information content (AvgIpc) is 2.81. The molecule has 0 radical (unpaired) electrons. The van der Waals surface area contributed by atoms with Crippen molar-refractivity contribution in [1.82, 2.24) is 9.88 Å². The Morgan fingerprint density at radius 2 is 2.27 bits per heavy atom. The van der Waals surface area contributed by atoms with Crippen molar-refractivity contribution in [3.8, 4) is 0 Å². The number of ether oxygens (including phenoxy) is 1. The van der Waals surface area contributed by atoms with E-state index in [1.165, 1.54) is 0 Å². The fourth-order valence-corrected chi connectivity index (χ4v) is 5.03. The van der Waals surface area contributed by atoms with Crippen LogP contribution in [0.3, 0.4) is 0 Å². The minimum atomic E-state index is -3.09. The summed E-state index contributed by atoms with van der Waals surface area (Å²) in [5.74, 6) is 0.0997. The summed E-state index contributed by atoms with van der Waals surface area (Å²) in [6, 6.07) is 3.57. The number of aromatic nitrogens is 1. The number of carbonyl (C=O) groups is 1. The standard InChI is InChI=1S/C15H20N2O4S/c18-15(5-1-3-12-4-2-6-16-9-12)17-7-8-21-14-11-22(19,20)10-13(14)17/h2,4,6,9,13-14H,1,3,5,7-8,10-11H2. The van der Waals surface area contributed by atoms with Gasteiger partial charge in [-0.05, 0) is 24.5 Å². The lowest BCUT2D eigenvalue weighted by atomic mass is 10.1. The Balaban J connectivity index is 1.55. The molecule has 3 rings (SSSR count). The number of aryl methyl sites for hydroxylation is 1. The summed E-state index contributed by atoms with van der Waals surface area (Å²) in [5.41, 5.74) is 1.11. The third kappa shape index (κ3) is 3.47. The molecule has 0 spiro atoms. The Morgan fingerprint density at radius 3 is 3.05 bits per heavy atom. The number of nitrogens with zero attached hydrogens (tertiary/aromatic N) is 2. The monoisotopic (exact) mass is 324 g/mol. The van der Waals surface area contributed by atoms with Gasteiger partial charge in [0.15, 0.2) is 9.84 Å². The van der Waals surface area contributed by atoms with Crippen molar-refractivity contribution in [2.75, 3.05) is 24.7 Å². The Hall–Kier alpha value is -1.47. The number of pyridine rings is 1. The van der Waals surface area contributed by atoms with Crippen molar-refractivity contribution in [1.29, 1.82) is 0 Å². The molecular formula is C15H20N2O4S. The van der Waals surface area contributed by atoms with E-state index in [4.69, 9.17) is 4.74 Å². The molecule has 3 heterocycles. The van der Waals surface area contributed by atoms with Crippen LogP contribution >= 0.6 is 0 Å². The number of sulfone groups is 1. The molecule has 2 atom stereocenters. The molecule has 0 aliphatic carbocycles. The first kappa shape index (κ1) is 15.4. The maximum atomic E-state index is 12.4. The minimum absolute atomic E-state index is 0.0271. The molecule has 1 aromatic rings. The zero-order chi connectivity index (χ0) is 15.6. The second kappa shape index (κ2) is 6.34. The smallest absolute Gasteiger partial charge is 0.223 e. The molecular weight excluding hydrogens is 304 g/mol. The van der Waals surface area contributed by atoms with Crippen LogP contribution in [0.5, 0.6) is 0 Å². The second-order valence-electron chi connectivity index (χ2n) is 5.86. The van der Waals surface area contributed by atoms with Crippen molar-refractivity contribution in [2.24, 2.45) is 0 Å². The van der Waals surface area contributed by atoms with Crippen molar-refractivity contribution in [3.05, 3.63) is 30.1 Å². The Morgan fingerprint density at radius 1 is 1.41 bits per heavy atom. The van der Waals surface area contributed by atoms with Gasteiger partial charge >= 0.3 is 0 Å². The van der Waals surface area contributed by atoms with Gasteiger partial charge in [-0.25, -0.2) is 8.42 Å². The highest BCUT2D eigenvalue weighted by atomic mass is 32.2. The first-order valence-electron chi connectivity index (χ1n) is 7.55. The molecule has 0 bridgehead atoms. The number of hydrogen-bond acceptors (Lipinski definition) is 5. The molecule has 0 N–H and O–H groups in total. The molecule has 0 aromatic carbocycles. The van der Waals surface area contributed by atoms with E-state index >= 15 is 0 Å². The largest absolute Gasteiger partial charge is 0.373 e. The number of hydrogen-bond donors (Lipinski definition) is 0. The lowest BCUT2D eigenvalue weighted by Gasteiger charge is -2.36. The first-order valence-corrected chi connectivity index (χ1v) is 9.38. The zero-order valence-corrected chi connectivity index (χ0v) is 13.2. The van der Waals surface area contributed by atoms with E-state index in [1.807, 2.05) is 12.1 Å². The maximum absolute atomic E-state index is 12.4. The molecule has 2 unspecified atom stereocenters. The van der Waals surface area contributed by atoms with Gasteiger partial charge < -0.3 is 9.64 Å². The zero-order valence-electron chi connectivity index (χ0n) is 12.3. The van der Waals surface area contributed by atoms with E-state index in [-0.39, 0.29) is 29.6 Å². The quantitative estimate of drug-likeness (QED) is 0.803. The fraction of sp³-hybridized carbons (Fsp3) is 0.600. The predicted octanol–water partition coefficient (Wildman–Crippen LogP) is 0.429. The van der Waals surface area contributed by atoms with Crippen LogP contribution in [-0.2, 0) is 25.8 Å². The van der Waals surface area contributed by atoms with Crippen molar-refractivity contribution < 1.29 is 17.9 Å². The molecule has 2 fully saturated rings. The molecule has 7 heteroatoms. The van der Waals surface area contributed by atoms with Gasteiger partial charge in [-0.15, -0.1) is 0 Å². The predicted molar refractivity (Wildman–Crippen MR) is 81.1 cm³/mol. The normalized spacial score (nSPS) is 26.6. The Bertz CT molecular complexity index is 632. The van der Waals surface area contributed by atoms with Crippen LogP contribution in [0.2, 0.25) is 0 Å². The van der Waals surface area contributed by atoms with Gasteiger partial charge in [-0.2, -0.15) is 0 Å². The highest BCUT2D eigenvalue weighted by Crippen LogP contribution is 2.25. The Labute approximate surface area is 130 Å². The minimum Gasteiger partial charge on any atom is -0.373 e. The van der Waals surface area contributed by atoms with Gasteiger partial charge in [0.1, 0.15) is 0 Å². The van der Waals surface area contributed by atoms with Crippen molar-refractivity contribution >= 4 is 15.7 Å². The summed E-state index contributed by atoms with van der Waals surface area (Å²) >= 11 is 0. The summed E-state index contributed by atoms with van der Waals surface area (Å²) in [6.45, 7) is 0.910. The van der Waals surface area contributed by atoms with E-state index in [2.05, 4.69) is 4.98 Å². The molecule has 0 saturated carbocycles. The third-order valence-electron chi connectivity index (χ3n) is 4.24. The van der Waals surface area contributed by atoms with Crippen LogP contribution in [-0.4, -0.2) is 61.0 Å². The fourth-order valence-electron chi connectivity index (χ4n) is 3.16. The van der Waals surface area contributed by atoms with Gasteiger partial charge in [-0.3, -0.25) is 9.78 Å². The van der Waals surface area contributed by atoms with Gasteiger partial charge in [0.2, 0.25) is 5.91 Å². The van der Waals surface area contributed by atoms with E-state index in [9.17, 15) is 13.2 Å². The van der Waals surface area contributed by atoms with Crippen LogP contribution in [0, 0.1) is 0 Å². The SMILES string of the molecule is O=C(CCCc1cccnc1)N1CCOC2CS(=O)(=O)CC21. The number of carbonyl (C=O) groups excluding carboxylic acids is 1. The summed E-state index contributed by atoms with van der Waals surface area (Å²) in [4.78, 5) is 18.2. The summed E-state index contributed by atoms with van der Waals surface area (Å²) in [7, 11) is -3.09. The lowest BCUT2D eigenvalue weighted by Crippen LogP contribution is -2.53. The number of fused-ring (bicyclic) bond motifs is 1. The summed E-state index contributed by atoms with van der Waals surface area (Å²) in [6.07, 6.45) is 5.16. The topological polar surface area (TPSA) is 76.6 Å². The number of rotatable bonds is 4. The molecule has 1 aromatic heterocycles. The van der Waals surface area contributed by atoms with Gasteiger partial charge in [-0.1, -0.05) is 6.07 Å². The lowest BCUT2D eigenvalue weighted by molar-refractivity contribution is -0.142. The number of morpholine rings is 1. The highest BCUT2D eigenvalue weighted by molar-refractivity contribution is 7.91. The van der Waals surface area contributed by atoms with Crippen molar-refractivity contribution in [2.45, 2.75) is 31.4 Å². The summed E-state index contributed by atoms with van der Waals surface area (Å²) < 4.78 is 29.0. The summed E-state index contributed by atoms with van der Waals surface area (Å²) in [5, 5.41) is 0.